The number of hydrogen-bond donors (Lipinski definition) is 1. The number of piperidine rings is 1. The Labute approximate surface area is 255 Å². The van der Waals surface area contributed by atoms with Crippen LogP contribution in [0.3, 0.4) is 0 Å². The first-order chi connectivity index (χ1) is 21.6. The number of aliphatic hydroxyl groups is 1. The molecule has 3 atom stereocenters. The van der Waals surface area contributed by atoms with Crippen molar-refractivity contribution in [3.8, 4) is 22.9 Å². The summed E-state index contributed by atoms with van der Waals surface area (Å²) in [4.78, 5) is 24.7. The lowest BCUT2D eigenvalue weighted by atomic mass is 9.84. The van der Waals surface area contributed by atoms with E-state index in [2.05, 4.69) is 21.0 Å². The van der Waals surface area contributed by atoms with Gasteiger partial charge in [-0.1, -0.05) is 30.3 Å². The fraction of sp³-hybridized carbons (Fsp3) is 0.394. The van der Waals surface area contributed by atoms with Gasteiger partial charge in [-0.3, -0.25) is 9.69 Å². The van der Waals surface area contributed by atoms with E-state index >= 15 is 0 Å². The maximum absolute atomic E-state index is 13.4. The fourth-order valence-corrected chi connectivity index (χ4v) is 6.68. The van der Waals surface area contributed by atoms with Crippen molar-refractivity contribution in [2.75, 3.05) is 64.1 Å². The predicted octanol–water partition coefficient (Wildman–Crippen LogP) is 2.54. The molecule has 1 N–H and O–H groups in total. The minimum atomic E-state index is -0.539. The Bertz CT molecular complexity index is 1650. The van der Waals surface area contributed by atoms with Gasteiger partial charge >= 0.3 is 0 Å². The van der Waals surface area contributed by atoms with Crippen molar-refractivity contribution in [1.29, 1.82) is 5.26 Å². The van der Waals surface area contributed by atoms with E-state index in [1.54, 1.807) is 10.7 Å². The number of benzene rings is 1. The van der Waals surface area contributed by atoms with E-state index in [4.69, 9.17) is 14.5 Å². The number of hydrogen-bond acceptors (Lipinski definition) is 9. The maximum Gasteiger partial charge on any atom is 0.233 e. The highest BCUT2D eigenvalue weighted by Crippen LogP contribution is 2.37. The van der Waals surface area contributed by atoms with Crippen molar-refractivity contribution < 1.29 is 19.4 Å². The summed E-state index contributed by atoms with van der Waals surface area (Å²) in [7, 11) is 0. The summed E-state index contributed by atoms with van der Waals surface area (Å²) < 4.78 is 13.3. The van der Waals surface area contributed by atoms with E-state index in [1.165, 1.54) is 0 Å². The molecule has 1 amide bonds. The third-order valence-corrected chi connectivity index (χ3v) is 9.00. The van der Waals surface area contributed by atoms with Crippen molar-refractivity contribution in [3.63, 3.8) is 0 Å². The topological polar surface area (TPSA) is 119 Å². The summed E-state index contributed by atoms with van der Waals surface area (Å²) in [5, 5.41) is 24.2. The Morgan fingerprint density at radius 1 is 1.11 bits per heavy atom. The second-order valence-electron chi connectivity index (χ2n) is 11.6. The number of nitrogens with zero attached hydrogens (tertiary/aromatic N) is 7. The van der Waals surface area contributed by atoms with E-state index < -0.39 is 5.92 Å². The second-order valence-corrected chi connectivity index (χ2v) is 11.6. The first-order valence-electron chi connectivity index (χ1n) is 15.2. The lowest BCUT2D eigenvalue weighted by molar-refractivity contribution is -0.148. The molecule has 226 valence electrons. The molecule has 3 aromatic heterocycles. The number of nitriles is 1. The number of aromatic nitrogens is 3. The predicted molar refractivity (Wildman–Crippen MR) is 163 cm³/mol. The molecule has 4 aromatic rings. The Balaban J connectivity index is 1.06. The zero-order chi connectivity index (χ0) is 30.0. The van der Waals surface area contributed by atoms with Gasteiger partial charge in [0.25, 0.3) is 0 Å². The van der Waals surface area contributed by atoms with Gasteiger partial charge in [-0.25, -0.2) is 9.50 Å². The van der Waals surface area contributed by atoms with Crippen molar-refractivity contribution in [2.24, 2.45) is 0 Å². The van der Waals surface area contributed by atoms with Crippen LogP contribution in [0.1, 0.15) is 23.5 Å². The van der Waals surface area contributed by atoms with Gasteiger partial charge in [0, 0.05) is 50.0 Å². The molecule has 0 saturated carbocycles. The molecule has 4 aliphatic heterocycles. The van der Waals surface area contributed by atoms with Crippen LogP contribution >= 0.6 is 0 Å². The van der Waals surface area contributed by atoms with Crippen LogP contribution in [0.4, 0.5) is 5.82 Å². The number of carbonyl (C=O) groups excluding carboxylic acids is 1. The normalized spacial score (nSPS) is 20.6. The molecule has 8 rings (SSSR count). The average Bonchev–Trinajstić information content (AvgIpc) is 3.49. The summed E-state index contributed by atoms with van der Waals surface area (Å²) in [5.41, 5.74) is 3.74. The van der Waals surface area contributed by atoms with Crippen molar-refractivity contribution in [2.45, 2.75) is 24.4 Å². The van der Waals surface area contributed by atoms with Gasteiger partial charge in [-0.2, -0.15) is 10.4 Å². The van der Waals surface area contributed by atoms with Gasteiger partial charge in [-0.05, 0) is 30.2 Å². The number of rotatable bonds is 9. The van der Waals surface area contributed by atoms with Gasteiger partial charge in [0.2, 0.25) is 5.91 Å². The number of fused-ring (bicyclic) bond motifs is 3. The molecule has 11 nitrogen and oxygen atoms in total. The molecule has 7 heterocycles. The number of carbonyl (C=O) groups is 1. The first kappa shape index (κ1) is 28.3. The number of piperazine rings is 1. The Morgan fingerprint density at radius 3 is 2.61 bits per heavy atom. The van der Waals surface area contributed by atoms with Gasteiger partial charge in [-0.15, -0.1) is 0 Å². The molecular weight excluding hydrogens is 558 g/mol. The zero-order valence-corrected chi connectivity index (χ0v) is 24.5. The zero-order valence-electron chi connectivity index (χ0n) is 24.5. The molecule has 0 radical (unpaired) electrons. The lowest BCUT2D eigenvalue weighted by Crippen LogP contribution is -2.71. The van der Waals surface area contributed by atoms with Crippen molar-refractivity contribution in [1.82, 2.24) is 24.4 Å². The third-order valence-electron chi connectivity index (χ3n) is 9.00. The highest BCUT2D eigenvalue weighted by atomic mass is 16.5. The van der Waals surface area contributed by atoms with Gasteiger partial charge in [0.1, 0.15) is 24.2 Å². The number of amides is 1. The van der Waals surface area contributed by atoms with Crippen LogP contribution in [0.5, 0.6) is 5.75 Å². The highest BCUT2D eigenvalue weighted by molar-refractivity contribution is 5.86. The maximum atomic E-state index is 13.4. The van der Waals surface area contributed by atoms with Crippen LogP contribution in [-0.2, 0) is 9.53 Å². The highest BCUT2D eigenvalue weighted by Gasteiger charge is 2.49. The van der Waals surface area contributed by atoms with Crippen molar-refractivity contribution >= 4 is 17.2 Å². The Kier molecular flexibility index (Phi) is 7.87. The number of ether oxygens (including phenoxy) is 2. The summed E-state index contributed by atoms with van der Waals surface area (Å²) in [5.74, 6) is 0.978. The minimum absolute atomic E-state index is 0.00641. The van der Waals surface area contributed by atoms with Crippen LogP contribution in [-0.4, -0.2) is 107 Å². The second kappa shape index (κ2) is 12.2. The molecule has 4 aliphatic rings. The largest absolute Gasteiger partial charge is 0.491 e. The molecule has 3 unspecified atom stereocenters. The van der Waals surface area contributed by atoms with Gasteiger partial charge in [0.05, 0.1) is 61.3 Å². The van der Waals surface area contributed by atoms with Crippen LogP contribution in [0, 0.1) is 11.3 Å². The molecule has 0 aliphatic carbocycles. The number of morpholine rings is 1. The third kappa shape index (κ3) is 5.36. The van der Waals surface area contributed by atoms with E-state index in [1.807, 2.05) is 65.8 Å². The summed E-state index contributed by atoms with van der Waals surface area (Å²) in [6.45, 7) is 5.83. The van der Waals surface area contributed by atoms with E-state index in [0.717, 1.165) is 61.8 Å². The van der Waals surface area contributed by atoms with Gasteiger partial charge in [0.15, 0.2) is 0 Å². The SMILES string of the molecule is N#Cc1cnn2cc(OCCN3CCOCC3)cc(-c3ccc(N4CC5CC(C4)N5C(=O)C(CO)c4ccccc4)nc3)c12. The number of anilines is 1. The van der Waals surface area contributed by atoms with Crippen molar-refractivity contribution in [3.05, 3.63) is 78.2 Å². The average molecular weight is 594 g/mol. The van der Waals surface area contributed by atoms with E-state index in [0.29, 0.717) is 36.5 Å². The minimum Gasteiger partial charge on any atom is -0.491 e. The Hall–Kier alpha value is -4.50. The van der Waals surface area contributed by atoms with Crippen LogP contribution < -0.4 is 9.64 Å². The molecular formula is C33H35N7O4. The van der Waals surface area contributed by atoms with Crippen LogP contribution in [0.15, 0.2) is 67.1 Å². The summed E-state index contributed by atoms with van der Waals surface area (Å²) >= 11 is 0. The fourth-order valence-electron chi connectivity index (χ4n) is 6.68. The van der Waals surface area contributed by atoms with Gasteiger partial charge < -0.3 is 24.4 Å². The Morgan fingerprint density at radius 2 is 1.91 bits per heavy atom. The van der Waals surface area contributed by atoms with Crippen LogP contribution in [0.25, 0.3) is 16.6 Å². The molecule has 44 heavy (non-hydrogen) atoms. The quantitative estimate of drug-likeness (QED) is 0.312. The van der Waals surface area contributed by atoms with Crippen LogP contribution in [0.2, 0.25) is 0 Å². The molecule has 11 heteroatoms. The smallest absolute Gasteiger partial charge is 0.233 e. The number of pyridine rings is 2. The molecule has 1 aromatic carbocycles. The summed E-state index contributed by atoms with van der Waals surface area (Å²) in [6.07, 6.45) is 6.18. The number of aliphatic hydroxyl groups excluding tert-OH is 1. The molecule has 4 fully saturated rings. The molecule has 4 saturated heterocycles. The summed E-state index contributed by atoms with van der Waals surface area (Å²) in [6, 6.07) is 17.9. The van der Waals surface area contributed by atoms with E-state index in [9.17, 15) is 15.2 Å². The first-order valence-corrected chi connectivity index (χ1v) is 15.2. The molecule has 0 spiro atoms. The van der Waals surface area contributed by atoms with E-state index in [-0.39, 0.29) is 24.6 Å². The monoisotopic (exact) mass is 593 g/mol. The molecule has 2 bridgehead atoms. The standard InChI is InChI=1S/C33H35N7O4/c34-16-25-18-36-39-21-28(44-13-10-37-8-11-43-12-9-37)15-29(32(25)39)24-6-7-31(35-17-24)38-19-26-14-27(20-38)40(26)33(42)30(22-41)23-4-2-1-3-5-23/h1-7,15,17-18,21,26-27,30,41H,8-14,19-20,22H2. The lowest BCUT2D eigenvalue weighted by Gasteiger charge is -2.57.